The maximum Gasteiger partial charge on any atom is 0.248 e. The third kappa shape index (κ3) is 6.09. The van der Waals surface area contributed by atoms with Gasteiger partial charge in [-0.3, -0.25) is 9.69 Å². The molecule has 12 heteroatoms. The molecule has 0 radical (unpaired) electrons. The summed E-state index contributed by atoms with van der Waals surface area (Å²) in [5, 5.41) is 0.198. The van der Waals surface area contributed by atoms with Gasteiger partial charge in [-0.2, -0.15) is 4.31 Å². The second-order valence-electron chi connectivity index (χ2n) is 10.9. The van der Waals surface area contributed by atoms with E-state index >= 15 is 0 Å². The Morgan fingerprint density at radius 3 is 2.67 bits per heavy atom. The molecule has 3 atom stereocenters. The van der Waals surface area contributed by atoms with Crippen molar-refractivity contribution in [2.24, 2.45) is 0 Å². The van der Waals surface area contributed by atoms with Crippen LogP contribution in [0.15, 0.2) is 35.4 Å². The van der Waals surface area contributed by atoms with Gasteiger partial charge in [-0.05, 0) is 56.4 Å². The first-order valence-electron chi connectivity index (χ1n) is 13.9. The first kappa shape index (κ1) is 29.8. The predicted octanol–water partition coefficient (Wildman–Crippen LogP) is 3.97. The smallest absolute Gasteiger partial charge is 0.248 e. The lowest BCUT2D eigenvalue weighted by atomic mass is 9.89. The van der Waals surface area contributed by atoms with Crippen LogP contribution in [-0.4, -0.2) is 98.2 Å². The molecule has 3 unspecified atom stereocenters. The minimum atomic E-state index is -4.05. The van der Waals surface area contributed by atoms with Gasteiger partial charge in [0.25, 0.3) is 0 Å². The highest BCUT2D eigenvalue weighted by Gasteiger charge is 2.39. The first-order valence-corrected chi connectivity index (χ1v) is 16.1. The van der Waals surface area contributed by atoms with E-state index in [4.69, 9.17) is 32.7 Å². The molecule has 1 amide bonds. The Kier molecular flexibility index (Phi) is 9.46. The molecule has 40 heavy (non-hydrogen) atoms. The maximum atomic E-state index is 13.9. The van der Waals surface area contributed by atoms with Crippen LogP contribution in [0.2, 0.25) is 10.0 Å². The number of rotatable bonds is 8. The van der Waals surface area contributed by atoms with Crippen LogP contribution in [0.5, 0.6) is 0 Å². The number of hydrogen-bond acceptors (Lipinski definition) is 6. The average Bonchev–Trinajstić information content (AvgIpc) is 3.44. The molecule has 1 saturated heterocycles. The van der Waals surface area contributed by atoms with Gasteiger partial charge in [-0.25, -0.2) is 8.42 Å². The van der Waals surface area contributed by atoms with Gasteiger partial charge in [0.2, 0.25) is 15.9 Å². The number of carbonyl (C=O) groups is 1. The van der Waals surface area contributed by atoms with E-state index in [1.54, 1.807) is 19.1 Å². The molecular formula is C28H38Cl2N4O5S. The summed E-state index contributed by atoms with van der Waals surface area (Å²) in [6.07, 6.45) is 6.08. The maximum absolute atomic E-state index is 13.9. The van der Waals surface area contributed by atoms with Gasteiger partial charge in [0, 0.05) is 57.2 Å². The van der Waals surface area contributed by atoms with E-state index in [1.807, 2.05) is 34.8 Å². The van der Waals surface area contributed by atoms with E-state index in [2.05, 4.69) is 4.90 Å². The van der Waals surface area contributed by atoms with Crippen molar-refractivity contribution < 1.29 is 22.7 Å². The van der Waals surface area contributed by atoms with Gasteiger partial charge < -0.3 is 18.9 Å². The third-order valence-electron chi connectivity index (χ3n) is 8.55. The molecule has 1 aromatic heterocycles. The summed E-state index contributed by atoms with van der Waals surface area (Å²) in [5.41, 5.74) is 1.43. The second kappa shape index (κ2) is 12.7. The number of morpholine rings is 1. The number of fused-ring (bicyclic) bond motifs is 1. The minimum Gasteiger partial charge on any atom is -0.379 e. The van der Waals surface area contributed by atoms with E-state index in [0.29, 0.717) is 18.2 Å². The zero-order chi connectivity index (χ0) is 28.4. The van der Waals surface area contributed by atoms with Gasteiger partial charge in [0.1, 0.15) is 11.5 Å². The fraction of sp³-hybridized carbons (Fsp3) is 0.607. The van der Waals surface area contributed by atoms with Crippen LogP contribution in [0.25, 0.3) is 0 Å². The summed E-state index contributed by atoms with van der Waals surface area (Å²) in [6.45, 7) is 5.81. The molecule has 0 N–H and O–H groups in total. The molecule has 2 aromatic rings. The zero-order valence-corrected chi connectivity index (χ0v) is 25.4. The number of hydrogen-bond donors (Lipinski definition) is 0. The number of carbonyl (C=O) groups excluding carboxylic acids is 1. The van der Waals surface area contributed by atoms with Crippen molar-refractivity contribution in [1.29, 1.82) is 0 Å². The fourth-order valence-electron chi connectivity index (χ4n) is 6.21. The molecule has 9 nitrogen and oxygen atoms in total. The Hall–Kier alpha value is -1.66. The van der Waals surface area contributed by atoms with Gasteiger partial charge >= 0.3 is 0 Å². The number of amides is 1. The van der Waals surface area contributed by atoms with Crippen molar-refractivity contribution in [3.63, 3.8) is 0 Å². The molecule has 1 saturated carbocycles. The molecule has 3 heterocycles. The molecule has 1 aliphatic carbocycles. The Labute approximate surface area is 246 Å². The largest absolute Gasteiger partial charge is 0.379 e. The van der Waals surface area contributed by atoms with Crippen molar-refractivity contribution in [3.8, 4) is 0 Å². The number of ether oxygens (including phenoxy) is 2. The van der Waals surface area contributed by atoms with Gasteiger partial charge in [0.15, 0.2) is 0 Å². The summed E-state index contributed by atoms with van der Waals surface area (Å²) in [6, 6.07) is 7.02. The standard InChI is InChI=1S/C28H38Cl2N4O5S/c1-20-8-9-23(29)28(27(20)30)40(36,37)34-12-11-33-10-4-7-24(33)25(34)18-39-19-26(35)31(2)21-5-3-6-22(17-21)32-13-15-38-16-14-32/h4,7-10,21-22,25H,3,5-6,11-19H2,1-2H3. The topological polar surface area (TPSA) is 84.3 Å². The summed E-state index contributed by atoms with van der Waals surface area (Å²) in [7, 11) is -2.20. The predicted molar refractivity (Wildman–Crippen MR) is 154 cm³/mol. The van der Waals surface area contributed by atoms with Gasteiger partial charge in [0.05, 0.1) is 35.9 Å². The van der Waals surface area contributed by atoms with Crippen molar-refractivity contribution >= 4 is 39.1 Å². The molecule has 220 valence electrons. The van der Waals surface area contributed by atoms with Crippen molar-refractivity contribution in [2.45, 2.75) is 62.2 Å². The number of halogens is 2. The van der Waals surface area contributed by atoms with E-state index in [0.717, 1.165) is 57.7 Å². The van der Waals surface area contributed by atoms with Crippen LogP contribution >= 0.6 is 23.2 Å². The minimum absolute atomic E-state index is 0.0327. The lowest BCUT2D eigenvalue weighted by Crippen LogP contribution is -2.50. The molecule has 5 rings (SSSR count). The molecule has 2 fully saturated rings. The lowest BCUT2D eigenvalue weighted by Gasteiger charge is -2.41. The Morgan fingerprint density at radius 1 is 1.12 bits per heavy atom. The highest BCUT2D eigenvalue weighted by molar-refractivity contribution is 7.89. The Bertz CT molecular complexity index is 1310. The second-order valence-corrected chi connectivity index (χ2v) is 13.5. The van der Waals surface area contributed by atoms with E-state index in [1.165, 1.54) is 4.31 Å². The van der Waals surface area contributed by atoms with E-state index in [9.17, 15) is 13.2 Å². The summed E-state index contributed by atoms with van der Waals surface area (Å²) in [5.74, 6) is -0.0991. The third-order valence-corrected chi connectivity index (χ3v) is 11.6. The van der Waals surface area contributed by atoms with Gasteiger partial charge in [-0.1, -0.05) is 29.3 Å². The van der Waals surface area contributed by atoms with Crippen LogP contribution in [0.1, 0.15) is 43.0 Å². The molecular weight excluding hydrogens is 575 g/mol. The van der Waals surface area contributed by atoms with Crippen LogP contribution in [0.3, 0.4) is 0 Å². The van der Waals surface area contributed by atoms with Crippen LogP contribution in [-0.2, 0) is 30.8 Å². The normalized spacial score (nSPS) is 24.6. The summed E-state index contributed by atoms with van der Waals surface area (Å²) < 4.78 is 42.7. The van der Waals surface area contributed by atoms with Crippen LogP contribution in [0, 0.1) is 6.92 Å². The zero-order valence-electron chi connectivity index (χ0n) is 23.1. The van der Waals surface area contributed by atoms with E-state index in [-0.39, 0.29) is 46.6 Å². The highest BCUT2D eigenvalue weighted by atomic mass is 35.5. The Morgan fingerprint density at radius 2 is 1.90 bits per heavy atom. The number of aryl methyl sites for hydroxylation is 1. The number of benzene rings is 1. The van der Waals surface area contributed by atoms with Crippen molar-refractivity contribution in [1.82, 2.24) is 18.7 Å². The number of sulfonamides is 1. The van der Waals surface area contributed by atoms with Crippen LogP contribution < -0.4 is 0 Å². The molecule has 3 aliphatic rings. The van der Waals surface area contributed by atoms with E-state index < -0.39 is 16.1 Å². The number of likely N-dealkylation sites (N-methyl/N-ethyl adjacent to an activating group) is 1. The van der Waals surface area contributed by atoms with Gasteiger partial charge in [-0.15, -0.1) is 0 Å². The quantitative estimate of drug-likeness (QED) is 0.448. The SMILES string of the molecule is Cc1ccc(Cl)c(S(=O)(=O)N2CCn3cccc3C2COCC(=O)N(C)C2CCCC(N3CCOCC3)C2)c1Cl. The molecule has 2 aliphatic heterocycles. The number of nitrogens with zero attached hydrogens (tertiary/aromatic N) is 4. The van der Waals surface area contributed by atoms with Crippen molar-refractivity contribution in [3.05, 3.63) is 51.8 Å². The highest BCUT2D eigenvalue weighted by Crippen LogP contribution is 2.38. The monoisotopic (exact) mass is 612 g/mol. The van der Waals surface area contributed by atoms with Crippen LogP contribution in [0.4, 0.5) is 0 Å². The number of aromatic nitrogens is 1. The summed E-state index contributed by atoms with van der Waals surface area (Å²) >= 11 is 12.8. The lowest BCUT2D eigenvalue weighted by molar-refractivity contribution is -0.138. The molecule has 0 spiro atoms. The summed E-state index contributed by atoms with van der Waals surface area (Å²) in [4.78, 5) is 17.4. The first-order chi connectivity index (χ1) is 19.2. The Balaban J connectivity index is 1.26. The fourth-order valence-corrected chi connectivity index (χ4v) is 8.93. The molecule has 1 aromatic carbocycles. The average molecular weight is 614 g/mol. The molecule has 0 bridgehead atoms. The van der Waals surface area contributed by atoms with Crippen molar-refractivity contribution in [2.75, 3.05) is 53.1 Å².